The number of piperidine rings is 1. The zero-order chi connectivity index (χ0) is 23.4. The summed E-state index contributed by atoms with van der Waals surface area (Å²) in [6, 6.07) is 16.1. The van der Waals surface area contributed by atoms with E-state index in [0.717, 1.165) is 5.56 Å². The van der Waals surface area contributed by atoms with Crippen LogP contribution in [0.2, 0.25) is 0 Å². The zero-order valence-corrected chi connectivity index (χ0v) is 19.8. The number of likely N-dealkylation sites (tertiary alicyclic amines) is 1. The van der Waals surface area contributed by atoms with Crippen LogP contribution >= 0.6 is 0 Å². The average molecular weight is 457 g/mol. The lowest BCUT2D eigenvalue weighted by molar-refractivity contribution is -0.132. The molecule has 0 atom stereocenters. The van der Waals surface area contributed by atoms with Crippen molar-refractivity contribution in [1.82, 2.24) is 9.62 Å². The Morgan fingerprint density at radius 2 is 1.56 bits per heavy atom. The predicted molar refractivity (Wildman–Crippen MR) is 125 cm³/mol. The number of hydrogen-bond acceptors (Lipinski definition) is 4. The van der Waals surface area contributed by atoms with Crippen molar-refractivity contribution in [3.63, 3.8) is 0 Å². The largest absolute Gasteiger partial charge is 0.343 e. The molecule has 1 aliphatic rings. The van der Waals surface area contributed by atoms with Crippen LogP contribution in [0.15, 0.2) is 59.5 Å². The molecule has 1 heterocycles. The van der Waals surface area contributed by atoms with E-state index >= 15 is 0 Å². The summed E-state index contributed by atoms with van der Waals surface area (Å²) in [7, 11) is -3.66. The van der Waals surface area contributed by atoms with Gasteiger partial charge < -0.3 is 4.90 Å². The van der Waals surface area contributed by atoms with Gasteiger partial charge in [0.2, 0.25) is 15.9 Å². The fourth-order valence-corrected chi connectivity index (χ4v) is 4.93. The van der Waals surface area contributed by atoms with Crippen molar-refractivity contribution < 1.29 is 18.0 Å². The minimum absolute atomic E-state index is 0.0467. The maximum absolute atomic E-state index is 12.6. The molecule has 0 unspecified atom stereocenters. The highest BCUT2D eigenvalue weighted by Gasteiger charge is 2.28. The fourth-order valence-electron chi connectivity index (χ4n) is 3.90. The molecule has 0 aromatic heterocycles. The van der Waals surface area contributed by atoms with Gasteiger partial charge in [-0.2, -0.15) is 0 Å². The highest BCUT2D eigenvalue weighted by atomic mass is 32.2. The fraction of sp³-hybridized carbons (Fsp3) is 0.440. The van der Waals surface area contributed by atoms with Crippen molar-refractivity contribution in [2.75, 3.05) is 19.6 Å². The van der Waals surface area contributed by atoms with Gasteiger partial charge in [-0.25, -0.2) is 13.1 Å². The lowest BCUT2D eigenvalue weighted by Gasteiger charge is -2.31. The van der Waals surface area contributed by atoms with Gasteiger partial charge >= 0.3 is 0 Å². The number of ketones is 1. The van der Waals surface area contributed by atoms with E-state index in [4.69, 9.17) is 0 Å². The quantitative estimate of drug-likeness (QED) is 0.643. The Labute approximate surface area is 191 Å². The third kappa shape index (κ3) is 6.04. The van der Waals surface area contributed by atoms with Crippen molar-refractivity contribution in [3.8, 4) is 0 Å². The first-order valence-corrected chi connectivity index (χ1v) is 12.5. The molecule has 0 radical (unpaired) electrons. The first-order valence-electron chi connectivity index (χ1n) is 11.1. The SMILES string of the molecule is CC(C)(C)c1ccc(S(=O)(=O)NCCC(=O)N2CCC(C(=O)c3ccccc3)CC2)cc1. The van der Waals surface area contributed by atoms with Crippen LogP contribution < -0.4 is 4.72 Å². The standard InChI is InChI=1S/C25H32N2O4S/c1-25(2,3)21-9-11-22(12-10-21)32(30,31)26-16-13-23(28)27-17-14-20(15-18-27)24(29)19-7-5-4-6-8-19/h4-12,20,26H,13-18H2,1-3H3. The maximum atomic E-state index is 12.6. The van der Waals surface area contributed by atoms with Gasteiger partial charge in [0.1, 0.15) is 0 Å². The molecule has 1 fully saturated rings. The van der Waals surface area contributed by atoms with Crippen LogP contribution in [0.5, 0.6) is 0 Å². The molecule has 1 saturated heterocycles. The summed E-state index contributed by atoms with van der Waals surface area (Å²) in [4.78, 5) is 27.0. The molecule has 172 valence electrons. The second-order valence-corrected chi connectivity index (χ2v) is 11.1. The van der Waals surface area contributed by atoms with E-state index in [1.54, 1.807) is 17.0 Å². The topological polar surface area (TPSA) is 83.6 Å². The second-order valence-electron chi connectivity index (χ2n) is 9.31. The Morgan fingerprint density at radius 3 is 2.12 bits per heavy atom. The Bertz CT molecular complexity index is 1030. The summed E-state index contributed by atoms with van der Waals surface area (Å²) >= 11 is 0. The van der Waals surface area contributed by atoms with E-state index < -0.39 is 10.0 Å². The van der Waals surface area contributed by atoms with Crippen LogP contribution in [-0.2, 0) is 20.2 Å². The van der Waals surface area contributed by atoms with Gasteiger partial charge in [-0.05, 0) is 36.0 Å². The van der Waals surface area contributed by atoms with E-state index in [2.05, 4.69) is 25.5 Å². The predicted octanol–water partition coefficient (Wildman–Crippen LogP) is 3.77. The minimum Gasteiger partial charge on any atom is -0.343 e. The highest BCUT2D eigenvalue weighted by Crippen LogP contribution is 2.24. The summed E-state index contributed by atoms with van der Waals surface area (Å²) in [6.45, 7) is 7.29. The first-order chi connectivity index (χ1) is 15.1. The Hall–Kier alpha value is -2.51. The smallest absolute Gasteiger partial charge is 0.240 e. The van der Waals surface area contributed by atoms with Crippen molar-refractivity contribution in [2.45, 2.75) is 50.3 Å². The second kappa shape index (κ2) is 9.96. The van der Waals surface area contributed by atoms with Crippen LogP contribution in [0.4, 0.5) is 0 Å². The number of hydrogen-bond donors (Lipinski definition) is 1. The summed E-state index contributed by atoms with van der Waals surface area (Å²) in [6.07, 6.45) is 1.35. The van der Waals surface area contributed by atoms with E-state index in [1.807, 2.05) is 42.5 Å². The Morgan fingerprint density at radius 1 is 0.969 bits per heavy atom. The molecule has 6 nitrogen and oxygen atoms in total. The molecular weight excluding hydrogens is 424 g/mol. The van der Waals surface area contributed by atoms with Crippen LogP contribution in [0, 0.1) is 5.92 Å². The van der Waals surface area contributed by atoms with Gasteiger partial charge in [-0.1, -0.05) is 63.2 Å². The molecule has 0 saturated carbocycles. The first kappa shape index (κ1) is 24.1. The van der Waals surface area contributed by atoms with E-state index in [9.17, 15) is 18.0 Å². The normalized spacial score (nSPS) is 15.5. The molecule has 1 amide bonds. The average Bonchev–Trinajstić information content (AvgIpc) is 2.78. The van der Waals surface area contributed by atoms with Gasteiger partial charge in [-0.3, -0.25) is 9.59 Å². The number of carbonyl (C=O) groups excluding carboxylic acids is 2. The van der Waals surface area contributed by atoms with Crippen molar-refractivity contribution >= 4 is 21.7 Å². The lowest BCUT2D eigenvalue weighted by Crippen LogP contribution is -2.41. The third-order valence-electron chi connectivity index (χ3n) is 5.94. The van der Waals surface area contributed by atoms with E-state index in [0.29, 0.717) is 31.5 Å². The summed E-state index contributed by atoms with van der Waals surface area (Å²) in [5.74, 6) is -0.0413. The van der Waals surface area contributed by atoms with E-state index in [1.165, 1.54) is 0 Å². The molecule has 0 bridgehead atoms. The van der Waals surface area contributed by atoms with Crippen LogP contribution in [0.25, 0.3) is 0 Å². The molecule has 1 aliphatic heterocycles. The van der Waals surface area contributed by atoms with Gasteiger partial charge in [0.15, 0.2) is 5.78 Å². The van der Waals surface area contributed by atoms with Gasteiger partial charge in [0.25, 0.3) is 0 Å². The molecule has 32 heavy (non-hydrogen) atoms. The van der Waals surface area contributed by atoms with Crippen LogP contribution in [0.3, 0.4) is 0 Å². The molecule has 2 aromatic rings. The highest BCUT2D eigenvalue weighted by molar-refractivity contribution is 7.89. The molecule has 0 aliphatic carbocycles. The zero-order valence-electron chi connectivity index (χ0n) is 19.0. The molecular formula is C25H32N2O4S. The van der Waals surface area contributed by atoms with Crippen LogP contribution in [-0.4, -0.2) is 44.6 Å². The van der Waals surface area contributed by atoms with Gasteiger partial charge in [-0.15, -0.1) is 0 Å². The van der Waals surface area contributed by atoms with Crippen molar-refractivity contribution in [1.29, 1.82) is 0 Å². The number of nitrogens with one attached hydrogen (secondary N) is 1. The van der Waals surface area contributed by atoms with Crippen molar-refractivity contribution in [3.05, 3.63) is 65.7 Å². The number of benzene rings is 2. The van der Waals surface area contributed by atoms with Crippen molar-refractivity contribution in [2.24, 2.45) is 5.92 Å². The monoisotopic (exact) mass is 456 g/mol. The summed E-state index contributed by atoms with van der Waals surface area (Å²) in [5.41, 5.74) is 1.71. The van der Waals surface area contributed by atoms with E-state index in [-0.39, 0.29) is 40.9 Å². The number of rotatable bonds is 7. The molecule has 3 rings (SSSR count). The maximum Gasteiger partial charge on any atom is 0.240 e. The number of sulfonamides is 1. The Kier molecular flexibility index (Phi) is 7.51. The number of carbonyl (C=O) groups is 2. The number of nitrogens with zero attached hydrogens (tertiary/aromatic N) is 1. The molecule has 7 heteroatoms. The number of amides is 1. The Balaban J connectivity index is 1.46. The summed E-state index contributed by atoms with van der Waals surface area (Å²) < 4.78 is 27.6. The lowest BCUT2D eigenvalue weighted by atomic mass is 9.87. The molecule has 1 N–H and O–H groups in total. The molecule has 0 spiro atoms. The van der Waals surface area contributed by atoms with Gasteiger partial charge in [0.05, 0.1) is 4.90 Å². The van der Waals surface area contributed by atoms with Gasteiger partial charge in [0, 0.05) is 37.5 Å². The summed E-state index contributed by atoms with van der Waals surface area (Å²) in [5, 5.41) is 0. The molecule has 2 aromatic carbocycles. The number of Topliss-reactive ketones (excluding diaryl/α,β-unsaturated/α-hetero) is 1. The van der Waals surface area contributed by atoms with Crippen LogP contribution in [0.1, 0.15) is 56.0 Å². The minimum atomic E-state index is -3.66. The third-order valence-corrected chi connectivity index (χ3v) is 7.42.